The molecule has 1 aliphatic carbocycles. The summed E-state index contributed by atoms with van der Waals surface area (Å²) < 4.78 is 27.3. The summed E-state index contributed by atoms with van der Waals surface area (Å²) in [7, 11) is -3.70. The number of sulfonamides is 1. The third kappa shape index (κ3) is 4.84. The van der Waals surface area contributed by atoms with Gasteiger partial charge < -0.3 is 10.4 Å². The van der Waals surface area contributed by atoms with E-state index in [2.05, 4.69) is 10.0 Å². The monoisotopic (exact) mass is 390 g/mol. The average molecular weight is 390 g/mol. The number of benzene rings is 2. The first-order chi connectivity index (χ1) is 12.8. The Hall–Kier alpha value is -2.45. The van der Waals surface area contributed by atoms with E-state index >= 15 is 0 Å². The van der Waals surface area contributed by atoms with Crippen LogP contribution in [0.2, 0.25) is 0 Å². The van der Waals surface area contributed by atoms with Crippen LogP contribution >= 0.6 is 0 Å². The molecule has 144 valence electrons. The van der Waals surface area contributed by atoms with Crippen LogP contribution in [0.3, 0.4) is 0 Å². The molecule has 0 spiro atoms. The molecule has 1 aliphatic rings. The molecule has 3 N–H and O–H groups in total. The van der Waals surface area contributed by atoms with E-state index in [-0.39, 0.29) is 29.8 Å². The topological polar surface area (TPSA) is 113 Å². The number of carboxylic acids is 1. The molecule has 0 saturated heterocycles. The van der Waals surface area contributed by atoms with Gasteiger partial charge in [-0.05, 0) is 42.2 Å². The fourth-order valence-corrected chi connectivity index (χ4v) is 4.42. The van der Waals surface area contributed by atoms with Gasteiger partial charge in [0.05, 0.1) is 10.8 Å². The minimum absolute atomic E-state index is 0.00104. The molecule has 2 atom stereocenters. The SMILES string of the molecule is O=C(CCNS(=O)(=O)c1ccc2ccccc2c1)N[C@H]1CC[C@@H](C(=O)O)C1. The lowest BCUT2D eigenvalue weighted by atomic mass is 10.1. The standard InChI is InChI=1S/C19H22N2O5S/c22-18(21-16-7-5-15(11-16)19(23)24)9-10-20-27(25,26)17-8-6-13-3-1-2-4-14(13)12-17/h1-4,6,8,12,15-16,20H,5,7,9-11H2,(H,21,22)(H,23,24)/t15-,16+/m1/s1. The van der Waals surface area contributed by atoms with Crippen LogP contribution in [0.15, 0.2) is 47.4 Å². The van der Waals surface area contributed by atoms with E-state index in [0.29, 0.717) is 19.3 Å². The number of aliphatic carboxylic acids is 1. The van der Waals surface area contributed by atoms with Crippen molar-refractivity contribution in [2.24, 2.45) is 5.92 Å². The fourth-order valence-electron chi connectivity index (χ4n) is 3.35. The normalized spacial score (nSPS) is 19.9. The lowest BCUT2D eigenvalue weighted by Crippen LogP contribution is -2.36. The maximum atomic E-state index is 12.4. The average Bonchev–Trinajstić information content (AvgIpc) is 3.10. The van der Waals surface area contributed by atoms with Gasteiger partial charge in [-0.15, -0.1) is 0 Å². The molecule has 2 aromatic rings. The summed E-state index contributed by atoms with van der Waals surface area (Å²) in [5.41, 5.74) is 0. The summed E-state index contributed by atoms with van der Waals surface area (Å²) in [5.74, 6) is -1.54. The number of carbonyl (C=O) groups is 2. The Morgan fingerprint density at radius 3 is 2.52 bits per heavy atom. The summed E-state index contributed by atoms with van der Waals surface area (Å²) in [6.07, 6.45) is 1.60. The summed E-state index contributed by atoms with van der Waals surface area (Å²) in [4.78, 5) is 23.1. The summed E-state index contributed by atoms with van der Waals surface area (Å²) in [6, 6.07) is 12.2. The van der Waals surface area contributed by atoms with E-state index in [9.17, 15) is 18.0 Å². The van der Waals surface area contributed by atoms with Gasteiger partial charge in [0.2, 0.25) is 15.9 Å². The minimum atomic E-state index is -3.70. The van der Waals surface area contributed by atoms with Crippen LogP contribution in [0.4, 0.5) is 0 Å². The number of rotatable bonds is 7. The predicted octanol–water partition coefficient (Wildman–Crippen LogP) is 1.88. The molecule has 1 amide bonds. The Kier molecular flexibility index (Phi) is 5.76. The van der Waals surface area contributed by atoms with Crippen LogP contribution in [0.5, 0.6) is 0 Å². The number of amides is 1. The predicted molar refractivity (Wildman–Crippen MR) is 101 cm³/mol. The van der Waals surface area contributed by atoms with E-state index < -0.39 is 21.9 Å². The van der Waals surface area contributed by atoms with Crippen molar-refractivity contribution in [3.05, 3.63) is 42.5 Å². The van der Waals surface area contributed by atoms with Gasteiger partial charge in [-0.1, -0.05) is 30.3 Å². The first kappa shape index (κ1) is 19.3. The van der Waals surface area contributed by atoms with Crippen LogP contribution in [0.1, 0.15) is 25.7 Å². The van der Waals surface area contributed by atoms with E-state index in [1.165, 1.54) is 6.07 Å². The van der Waals surface area contributed by atoms with Gasteiger partial charge >= 0.3 is 5.97 Å². The molecule has 1 saturated carbocycles. The highest BCUT2D eigenvalue weighted by Gasteiger charge is 2.30. The lowest BCUT2D eigenvalue weighted by molar-refractivity contribution is -0.141. The van der Waals surface area contributed by atoms with E-state index in [4.69, 9.17) is 5.11 Å². The maximum absolute atomic E-state index is 12.4. The van der Waals surface area contributed by atoms with Crippen molar-refractivity contribution in [3.8, 4) is 0 Å². The number of carbonyl (C=O) groups excluding carboxylic acids is 1. The van der Waals surface area contributed by atoms with Gasteiger partial charge in [0.15, 0.2) is 0 Å². The lowest BCUT2D eigenvalue weighted by Gasteiger charge is -2.13. The molecule has 1 fully saturated rings. The van der Waals surface area contributed by atoms with E-state index in [0.717, 1.165) is 10.8 Å². The molecule has 0 aromatic heterocycles. The quantitative estimate of drug-likeness (QED) is 0.668. The number of carboxylic acid groups (broad SMARTS) is 1. The van der Waals surface area contributed by atoms with Crippen LogP contribution in [0, 0.1) is 5.92 Å². The summed E-state index contributed by atoms with van der Waals surface area (Å²) >= 11 is 0. The van der Waals surface area contributed by atoms with Crippen LogP contribution in [-0.4, -0.2) is 38.0 Å². The molecule has 0 heterocycles. The van der Waals surface area contributed by atoms with Gasteiger partial charge in [0, 0.05) is 19.0 Å². The smallest absolute Gasteiger partial charge is 0.306 e. The van der Waals surface area contributed by atoms with Gasteiger partial charge in [-0.2, -0.15) is 0 Å². The Morgan fingerprint density at radius 2 is 1.81 bits per heavy atom. The van der Waals surface area contributed by atoms with Crippen LogP contribution in [-0.2, 0) is 19.6 Å². The van der Waals surface area contributed by atoms with Gasteiger partial charge in [0.25, 0.3) is 0 Å². The van der Waals surface area contributed by atoms with Gasteiger partial charge in [0.1, 0.15) is 0 Å². The van der Waals surface area contributed by atoms with E-state index in [1.807, 2.05) is 24.3 Å². The molecular formula is C19H22N2O5S. The number of fused-ring (bicyclic) bond motifs is 1. The largest absolute Gasteiger partial charge is 0.481 e. The van der Waals surface area contributed by atoms with Crippen molar-refractivity contribution in [1.82, 2.24) is 10.0 Å². The van der Waals surface area contributed by atoms with Crippen molar-refractivity contribution >= 4 is 32.7 Å². The van der Waals surface area contributed by atoms with Crippen molar-refractivity contribution in [3.63, 3.8) is 0 Å². The molecular weight excluding hydrogens is 368 g/mol. The highest BCUT2D eigenvalue weighted by atomic mass is 32.2. The zero-order valence-electron chi connectivity index (χ0n) is 14.7. The number of nitrogens with one attached hydrogen (secondary N) is 2. The van der Waals surface area contributed by atoms with Crippen molar-refractivity contribution in [1.29, 1.82) is 0 Å². The Bertz CT molecular complexity index is 957. The second-order valence-corrected chi connectivity index (χ2v) is 8.54. The number of hydrogen-bond donors (Lipinski definition) is 3. The van der Waals surface area contributed by atoms with Crippen LogP contribution < -0.4 is 10.0 Å². The maximum Gasteiger partial charge on any atom is 0.306 e. The third-order valence-electron chi connectivity index (χ3n) is 4.82. The van der Waals surface area contributed by atoms with Crippen molar-refractivity contribution in [2.75, 3.05) is 6.54 Å². The van der Waals surface area contributed by atoms with E-state index in [1.54, 1.807) is 12.1 Å². The zero-order chi connectivity index (χ0) is 19.4. The number of hydrogen-bond acceptors (Lipinski definition) is 4. The highest BCUT2D eigenvalue weighted by Crippen LogP contribution is 2.25. The molecule has 2 aromatic carbocycles. The van der Waals surface area contributed by atoms with Crippen molar-refractivity contribution in [2.45, 2.75) is 36.6 Å². The first-order valence-electron chi connectivity index (χ1n) is 8.86. The molecule has 3 rings (SSSR count). The fraction of sp³-hybridized carbons (Fsp3) is 0.368. The summed E-state index contributed by atoms with van der Waals surface area (Å²) in [6.45, 7) is -0.0178. The highest BCUT2D eigenvalue weighted by molar-refractivity contribution is 7.89. The summed E-state index contributed by atoms with van der Waals surface area (Å²) in [5, 5.41) is 13.5. The van der Waals surface area contributed by atoms with Gasteiger partial charge in [-0.3, -0.25) is 9.59 Å². The third-order valence-corrected chi connectivity index (χ3v) is 6.28. The molecule has 7 nitrogen and oxygen atoms in total. The molecule has 0 unspecified atom stereocenters. The Labute approximate surface area is 157 Å². The Morgan fingerprint density at radius 1 is 1.07 bits per heavy atom. The zero-order valence-corrected chi connectivity index (χ0v) is 15.5. The van der Waals surface area contributed by atoms with Crippen molar-refractivity contribution < 1.29 is 23.1 Å². The first-order valence-corrected chi connectivity index (χ1v) is 10.3. The minimum Gasteiger partial charge on any atom is -0.481 e. The Balaban J connectivity index is 1.51. The molecule has 0 aliphatic heterocycles. The van der Waals surface area contributed by atoms with Gasteiger partial charge in [-0.25, -0.2) is 13.1 Å². The molecule has 27 heavy (non-hydrogen) atoms. The van der Waals surface area contributed by atoms with Crippen LogP contribution in [0.25, 0.3) is 10.8 Å². The molecule has 0 bridgehead atoms. The second-order valence-electron chi connectivity index (χ2n) is 6.77. The molecule has 8 heteroatoms. The molecule has 0 radical (unpaired) electrons. The second kappa shape index (κ2) is 8.06.